The molecule has 1 aliphatic heterocycles. The molecule has 1 fully saturated rings. The van der Waals surface area contributed by atoms with Gasteiger partial charge in [0.15, 0.2) is 0 Å². The number of hydrogen-bond donors (Lipinski definition) is 3. The molecule has 0 radical (unpaired) electrons. The van der Waals surface area contributed by atoms with Crippen molar-refractivity contribution in [3.8, 4) is 0 Å². The Labute approximate surface area is 57.4 Å². The van der Waals surface area contributed by atoms with E-state index in [2.05, 4.69) is 5.32 Å². The fourth-order valence-electron chi connectivity index (χ4n) is 0.731. The van der Waals surface area contributed by atoms with Crippen molar-refractivity contribution in [2.24, 2.45) is 0 Å². The first kappa shape index (κ1) is 7.01. The minimum atomic E-state index is -1.68. The van der Waals surface area contributed by atoms with Crippen molar-refractivity contribution >= 4 is 11.9 Å². The van der Waals surface area contributed by atoms with Gasteiger partial charge in [-0.1, -0.05) is 6.92 Å². The normalized spacial score (nSPS) is 31.8. The molecule has 1 saturated heterocycles. The molecule has 5 heteroatoms. The molecule has 1 atom stereocenters. The Morgan fingerprint density at radius 2 is 2.20 bits per heavy atom. The Balaban J connectivity index is 2.80. The number of nitrogens with one attached hydrogen (secondary N) is 2. The summed E-state index contributed by atoms with van der Waals surface area (Å²) in [6.07, 6.45) is 0.171. The van der Waals surface area contributed by atoms with Gasteiger partial charge in [-0.05, 0) is 0 Å². The number of carbonyl (C=O) groups is 2. The molecule has 0 aliphatic carbocycles. The molecule has 0 spiro atoms. The lowest BCUT2D eigenvalue weighted by Gasteiger charge is -2.14. The molecule has 0 saturated carbocycles. The van der Waals surface area contributed by atoms with Crippen molar-refractivity contribution < 1.29 is 14.7 Å². The van der Waals surface area contributed by atoms with Crippen LogP contribution in [0.1, 0.15) is 13.3 Å². The maximum Gasteiger partial charge on any atom is 0.324 e. The summed E-state index contributed by atoms with van der Waals surface area (Å²) >= 11 is 0. The van der Waals surface area contributed by atoms with Crippen molar-refractivity contribution in [1.29, 1.82) is 0 Å². The van der Waals surface area contributed by atoms with E-state index in [-0.39, 0.29) is 6.42 Å². The van der Waals surface area contributed by atoms with E-state index in [0.717, 1.165) is 0 Å². The zero-order valence-electron chi connectivity index (χ0n) is 5.47. The lowest BCUT2D eigenvalue weighted by Crippen LogP contribution is -2.45. The largest absolute Gasteiger partial charge is 0.363 e. The van der Waals surface area contributed by atoms with Crippen molar-refractivity contribution in [2.45, 2.75) is 19.1 Å². The fraction of sp³-hybridized carbons (Fsp3) is 0.600. The van der Waals surface area contributed by atoms with Gasteiger partial charge in [-0.3, -0.25) is 10.1 Å². The third-order valence-corrected chi connectivity index (χ3v) is 1.43. The third-order valence-electron chi connectivity index (χ3n) is 1.43. The van der Waals surface area contributed by atoms with E-state index in [1.807, 2.05) is 5.32 Å². The summed E-state index contributed by atoms with van der Waals surface area (Å²) in [7, 11) is 0. The van der Waals surface area contributed by atoms with E-state index in [4.69, 9.17) is 0 Å². The summed E-state index contributed by atoms with van der Waals surface area (Å²) in [5.74, 6) is -0.681. The van der Waals surface area contributed by atoms with Crippen LogP contribution in [0.3, 0.4) is 0 Å². The number of urea groups is 1. The molecule has 3 amide bonds. The quantitative estimate of drug-likeness (QED) is 0.410. The van der Waals surface area contributed by atoms with Crippen LogP contribution in [0.4, 0.5) is 4.79 Å². The van der Waals surface area contributed by atoms with Crippen molar-refractivity contribution in [2.75, 3.05) is 0 Å². The van der Waals surface area contributed by atoms with Crippen LogP contribution in [0.5, 0.6) is 0 Å². The zero-order valence-corrected chi connectivity index (χ0v) is 5.47. The van der Waals surface area contributed by atoms with Crippen LogP contribution in [-0.2, 0) is 4.79 Å². The number of rotatable bonds is 1. The van der Waals surface area contributed by atoms with Gasteiger partial charge in [0.1, 0.15) is 0 Å². The predicted octanol–water partition coefficient (Wildman–Crippen LogP) is -1.08. The van der Waals surface area contributed by atoms with Gasteiger partial charge < -0.3 is 10.4 Å². The van der Waals surface area contributed by atoms with Gasteiger partial charge in [-0.25, -0.2) is 4.79 Å². The lowest BCUT2D eigenvalue weighted by molar-refractivity contribution is -0.137. The average Bonchev–Trinajstić information content (AvgIpc) is 2.09. The molecular formula is C5H8N2O3. The van der Waals surface area contributed by atoms with Gasteiger partial charge in [0, 0.05) is 6.42 Å². The summed E-state index contributed by atoms with van der Waals surface area (Å²) in [5, 5.41) is 13.2. The molecule has 3 N–H and O–H groups in total. The predicted molar refractivity (Wildman–Crippen MR) is 31.9 cm³/mol. The first-order chi connectivity index (χ1) is 4.58. The number of hydrogen-bond acceptors (Lipinski definition) is 3. The Morgan fingerprint density at radius 3 is 2.40 bits per heavy atom. The maximum absolute atomic E-state index is 10.7. The van der Waals surface area contributed by atoms with Crippen LogP contribution in [0.2, 0.25) is 0 Å². The number of carbonyl (C=O) groups excluding carboxylic acids is 2. The molecule has 1 heterocycles. The van der Waals surface area contributed by atoms with Crippen LogP contribution in [-0.4, -0.2) is 22.8 Å². The second-order valence-electron chi connectivity index (χ2n) is 2.12. The Kier molecular flexibility index (Phi) is 1.37. The van der Waals surface area contributed by atoms with Crippen LogP contribution in [0.15, 0.2) is 0 Å². The van der Waals surface area contributed by atoms with Crippen LogP contribution in [0.25, 0.3) is 0 Å². The highest BCUT2D eigenvalue weighted by molar-refractivity contribution is 6.05. The van der Waals surface area contributed by atoms with Gasteiger partial charge in [0.2, 0.25) is 5.72 Å². The molecule has 1 rings (SSSR count). The van der Waals surface area contributed by atoms with Gasteiger partial charge in [0.05, 0.1) is 0 Å². The highest BCUT2D eigenvalue weighted by atomic mass is 16.3. The summed E-state index contributed by atoms with van der Waals surface area (Å²) in [4.78, 5) is 21.1. The molecular weight excluding hydrogens is 136 g/mol. The minimum Gasteiger partial charge on any atom is -0.363 e. The highest BCUT2D eigenvalue weighted by Crippen LogP contribution is 2.09. The van der Waals surface area contributed by atoms with Crippen LogP contribution < -0.4 is 10.6 Å². The molecule has 1 aliphatic rings. The lowest BCUT2D eigenvalue weighted by atomic mass is 10.2. The zero-order chi connectivity index (χ0) is 7.78. The molecule has 1 unspecified atom stereocenters. The van der Waals surface area contributed by atoms with Gasteiger partial charge in [-0.15, -0.1) is 0 Å². The van der Waals surface area contributed by atoms with Gasteiger partial charge >= 0.3 is 6.03 Å². The number of imide groups is 1. The Morgan fingerprint density at radius 1 is 1.60 bits per heavy atom. The summed E-state index contributed by atoms with van der Waals surface area (Å²) in [6, 6.07) is -0.644. The molecule has 0 aromatic carbocycles. The molecule has 0 bridgehead atoms. The topological polar surface area (TPSA) is 78.4 Å². The summed E-state index contributed by atoms with van der Waals surface area (Å²) in [5.41, 5.74) is -1.68. The van der Waals surface area contributed by atoms with Crippen molar-refractivity contribution in [1.82, 2.24) is 10.6 Å². The van der Waals surface area contributed by atoms with E-state index in [9.17, 15) is 14.7 Å². The first-order valence-corrected chi connectivity index (χ1v) is 2.94. The molecule has 56 valence electrons. The fourth-order valence-corrected chi connectivity index (χ4v) is 0.731. The second-order valence-corrected chi connectivity index (χ2v) is 2.12. The molecule has 5 nitrogen and oxygen atoms in total. The van der Waals surface area contributed by atoms with Crippen molar-refractivity contribution in [3.63, 3.8) is 0 Å². The van der Waals surface area contributed by atoms with Crippen LogP contribution in [0, 0.1) is 0 Å². The van der Waals surface area contributed by atoms with Crippen LogP contribution >= 0.6 is 0 Å². The molecule has 10 heavy (non-hydrogen) atoms. The number of aliphatic hydroxyl groups is 1. The number of amides is 3. The van der Waals surface area contributed by atoms with Crippen molar-refractivity contribution in [3.05, 3.63) is 0 Å². The second kappa shape index (κ2) is 1.95. The first-order valence-electron chi connectivity index (χ1n) is 2.94. The van der Waals surface area contributed by atoms with E-state index in [1.165, 1.54) is 0 Å². The minimum absolute atomic E-state index is 0.171. The molecule has 0 aromatic heterocycles. The Hall–Kier alpha value is -1.10. The molecule has 0 aromatic rings. The standard InChI is InChI=1S/C5H8N2O3/c1-2-5(10)3(8)6-4(9)7-5/h10H,2H2,1H3,(H2,6,7,8,9). The SMILES string of the molecule is CCC1(O)NC(=O)NC1=O. The maximum atomic E-state index is 10.7. The van der Waals surface area contributed by atoms with Gasteiger partial charge in [0.25, 0.3) is 5.91 Å². The van der Waals surface area contributed by atoms with E-state index >= 15 is 0 Å². The van der Waals surface area contributed by atoms with E-state index in [0.29, 0.717) is 0 Å². The van der Waals surface area contributed by atoms with E-state index in [1.54, 1.807) is 6.92 Å². The average molecular weight is 144 g/mol. The monoisotopic (exact) mass is 144 g/mol. The summed E-state index contributed by atoms with van der Waals surface area (Å²) < 4.78 is 0. The summed E-state index contributed by atoms with van der Waals surface area (Å²) in [6.45, 7) is 1.60. The smallest absolute Gasteiger partial charge is 0.324 e. The Bertz CT molecular complexity index is 191. The highest BCUT2D eigenvalue weighted by Gasteiger charge is 2.42. The van der Waals surface area contributed by atoms with Gasteiger partial charge in [-0.2, -0.15) is 0 Å². The third kappa shape index (κ3) is 0.841. The van der Waals surface area contributed by atoms with E-state index < -0.39 is 17.7 Å².